The normalized spacial score (nSPS) is 18.1. The van der Waals surface area contributed by atoms with Gasteiger partial charge in [-0.15, -0.1) is 0 Å². The molecule has 0 bridgehead atoms. The maximum Gasteiger partial charge on any atom is 0.266 e. The van der Waals surface area contributed by atoms with Crippen LogP contribution in [0.5, 0.6) is 5.75 Å². The van der Waals surface area contributed by atoms with Crippen molar-refractivity contribution in [2.45, 2.75) is 19.6 Å². The number of pyridine rings is 2. The smallest absolute Gasteiger partial charge is 0.266 e. The average molecular weight is 490 g/mol. The van der Waals surface area contributed by atoms with Gasteiger partial charge in [0.1, 0.15) is 23.2 Å². The Balaban J connectivity index is 1.65. The number of fused-ring (bicyclic) bond motifs is 1. The third kappa shape index (κ3) is 5.26. The molecule has 1 saturated heterocycles. The molecule has 3 aromatic rings. The van der Waals surface area contributed by atoms with Gasteiger partial charge >= 0.3 is 0 Å². The summed E-state index contributed by atoms with van der Waals surface area (Å²) in [4.78, 5) is 29.0. The monoisotopic (exact) mass is 490 g/mol. The fourth-order valence-electron chi connectivity index (χ4n) is 4.24. The summed E-state index contributed by atoms with van der Waals surface area (Å²) in [7, 11) is 0.102. The Hall–Kier alpha value is -2.49. The predicted octanol–water partition coefficient (Wildman–Crippen LogP) is 2.54. The molecule has 2 atom stereocenters. The van der Waals surface area contributed by atoms with Crippen molar-refractivity contribution in [1.82, 2.24) is 19.1 Å². The molecule has 1 aliphatic rings. The Morgan fingerprint density at radius 2 is 2.00 bits per heavy atom. The zero-order valence-corrected chi connectivity index (χ0v) is 20.8. The van der Waals surface area contributed by atoms with Gasteiger partial charge in [0, 0.05) is 70.5 Å². The summed E-state index contributed by atoms with van der Waals surface area (Å²) >= 11 is 0. The fourth-order valence-corrected chi connectivity index (χ4v) is 5.16. The van der Waals surface area contributed by atoms with Crippen LogP contribution in [0.2, 0.25) is 0 Å². The van der Waals surface area contributed by atoms with Crippen molar-refractivity contribution in [3.63, 3.8) is 0 Å². The second-order valence-corrected chi connectivity index (χ2v) is 11.0. The Morgan fingerprint density at radius 3 is 2.68 bits per heavy atom. The maximum atomic E-state index is 12.9. The molecule has 2 unspecified atom stereocenters. The molecule has 1 fully saturated rings. The van der Waals surface area contributed by atoms with Crippen molar-refractivity contribution in [2.75, 3.05) is 46.6 Å². The lowest BCUT2D eigenvalue weighted by atomic mass is 10.1. The molecule has 34 heavy (non-hydrogen) atoms. The molecule has 0 radical (unpaired) electrons. The van der Waals surface area contributed by atoms with Crippen LogP contribution >= 0.6 is 7.52 Å². The van der Waals surface area contributed by atoms with E-state index >= 15 is 0 Å². The molecule has 3 aromatic heterocycles. The van der Waals surface area contributed by atoms with E-state index in [1.165, 1.54) is 6.66 Å². The molecule has 4 rings (SSSR count). The lowest BCUT2D eigenvalue weighted by Gasteiger charge is -2.35. The highest BCUT2D eigenvalue weighted by molar-refractivity contribution is 7.54. The van der Waals surface area contributed by atoms with Crippen LogP contribution in [0.4, 0.5) is 0 Å². The first-order valence-corrected chi connectivity index (χ1v) is 13.2. The zero-order chi connectivity index (χ0) is 24.5. The summed E-state index contributed by atoms with van der Waals surface area (Å²) in [5.41, 5.74) is 1.87. The molecule has 10 nitrogen and oxygen atoms in total. The number of hydrogen-bond donors (Lipinski definition) is 1. The molecule has 1 aliphatic heterocycles. The molecule has 0 spiro atoms. The summed E-state index contributed by atoms with van der Waals surface area (Å²) in [5, 5.41) is 0.495. The molecular formula is C23H31N4O6P. The van der Waals surface area contributed by atoms with Gasteiger partial charge in [-0.1, -0.05) is 0 Å². The second-order valence-electron chi connectivity index (χ2n) is 8.74. The summed E-state index contributed by atoms with van der Waals surface area (Å²) in [6.07, 6.45) is 4.89. The van der Waals surface area contributed by atoms with Gasteiger partial charge in [-0.25, -0.2) is 4.67 Å². The minimum atomic E-state index is -3.23. The Bertz CT molecular complexity index is 1260. The number of aromatic nitrogens is 2. The minimum absolute atomic E-state index is 0.143. The number of furan rings is 1. The first-order chi connectivity index (χ1) is 16.2. The van der Waals surface area contributed by atoms with E-state index in [4.69, 9.17) is 13.9 Å². The lowest BCUT2D eigenvalue weighted by Crippen LogP contribution is -2.44. The van der Waals surface area contributed by atoms with Crippen LogP contribution in [0.25, 0.3) is 22.1 Å². The Kier molecular flexibility index (Phi) is 7.25. The van der Waals surface area contributed by atoms with Crippen molar-refractivity contribution in [3.8, 4) is 16.9 Å². The quantitative estimate of drug-likeness (QED) is 0.476. The van der Waals surface area contributed by atoms with Crippen LogP contribution in [-0.2, 0) is 22.9 Å². The SMILES string of the molecule is COCC(C)Oc1cnccc1-c1cn(C)c(=O)c2cc(CN3CCN(P(C)(=O)O)CC3)oc12. The topological polar surface area (TPSA) is 110 Å². The van der Waals surface area contributed by atoms with Crippen LogP contribution in [0, 0.1) is 0 Å². The second kappa shape index (κ2) is 10.0. The largest absolute Gasteiger partial charge is 0.486 e. The highest BCUT2D eigenvalue weighted by Crippen LogP contribution is 2.41. The van der Waals surface area contributed by atoms with Gasteiger partial charge < -0.3 is 23.4 Å². The van der Waals surface area contributed by atoms with Crippen molar-refractivity contribution in [2.24, 2.45) is 7.05 Å². The first-order valence-electron chi connectivity index (χ1n) is 11.2. The minimum Gasteiger partial charge on any atom is -0.486 e. The van der Waals surface area contributed by atoms with E-state index in [2.05, 4.69) is 9.88 Å². The van der Waals surface area contributed by atoms with Crippen LogP contribution < -0.4 is 10.3 Å². The van der Waals surface area contributed by atoms with Crippen LogP contribution in [0.15, 0.2) is 39.9 Å². The zero-order valence-electron chi connectivity index (χ0n) is 19.9. The van der Waals surface area contributed by atoms with Crippen LogP contribution in [0.3, 0.4) is 0 Å². The maximum absolute atomic E-state index is 12.9. The molecule has 0 saturated carbocycles. The standard InChI is InChI=1S/C23H31N4O6P/c1-16(15-31-3)32-21-12-24-6-5-18(21)20-14-25(2)23(28)19-11-17(33-22(19)20)13-26-7-9-27(10-8-26)34(4,29)30/h5-6,11-12,14,16H,7-10,13,15H2,1-4H3,(H,29,30). The number of ether oxygens (including phenoxy) is 2. The number of nitrogens with zero attached hydrogens (tertiary/aromatic N) is 4. The number of hydrogen-bond acceptors (Lipinski definition) is 7. The van der Waals surface area contributed by atoms with E-state index in [-0.39, 0.29) is 11.7 Å². The highest BCUT2D eigenvalue weighted by Gasteiger charge is 2.27. The van der Waals surface area contributed by atoms with Gasteiger partial charge in [0.2, 0.25) is 0 Å². The first kappa shape index (κ1) is 24.6. The number of methoxy groups -OCH3 is 1. The third-order valence-electron chi connectivity index (χ3n) is 5.96. The van der Waals surface area contributed by atoms with Crippen molar-refractivity contribution < 1.29 is 23.3 Å². The van der Waals surface area contributed by atoms with E-state index in [0.29, 0.717) is 61.8 Å². The summed E-state index contributed by atoms with van der Waals surface area (Å²) in [6, 6.07) is 3.63. The van der Waals surface area contributed by atoms with Gasteiger partial charge in [0.05, 0.1) is 24.7 Å². The fraction of sp³-hybridized carbons (Fsp3) is 0.478. The van der Waals surface area contributed by atoms with Gasteiger partial charge in [-0.05, 0) is 19.1 Å². The lowest BCUT2D eigenvalue weighted by molar-refractivity contribution is 0.0922. The van der Waals surface area contributed by atoms with Crippen molar-refractivity contribution >= 4 is 18.5 Å². The van der Waals surface area contributed by atoms with Gasteiger partial charge in [-0.3, -0.25) is 19.2 Å². The van der Waals surface area contributed by atoms with E-state index in [1.807, 2.05) is 13.0 Å². The summed E-state index contributed by atoms with van der Waals surface area (Å²) in [6.45, 7) is 6.51. The van der Waals surface area contributed by atoms with Crippen molar-refractivity contribution in [1.29, 1.82) is 0 Å². The predicted molar refractivity (Wildman–Crippen MR) is 129 cm³/mol. The van der Waals surface area contributed by atoms with Crippen molar-refractivity contribution in [3.05, 3.63) is 46.8 Å². The molecule has 1 N–H and O–H groups in total. The van der Waals surface area contributed by atoms with Gasteiger partial charge in [0.15, 0.2) is 0 Å². The number of piperazine rings is 1. The number of rotatable bonds is 8. The van der Waals surface area contributed by atoms with E-state index in [9.17, 15) is 14.3 Å². The molecule has 4 heterocycles. The van der Waals surface area contributed by atoms with Crippen LogP contribution in [-0.4, -0.2) is 76.7 Å². The van der Waals surface area contributed by atoms with E-state index in [1.54, 1.807) is 48.1 Å². The van der Waals surface area contributed by atoms with Gasteiger partial charge in [0.25, 0.3) is 13.1 Å². The molecule has 184 valence electrons. The Labute approximate surface area is 198 Å². The molecule has 0 amide bonds. The van der Waals surface area contributed by atoms with E-state index in [0.717, 1.165) is 11.1 Å². The molecule has 11 heteroatoms. The highest BCUT2D eigenvalue weighted by atomic mass is 31.2. The van der Waals surface area contributed by atoms with E-state index < -0.39 is 7.52 Å². The molecule has 0 aliphatic carbocycles. The van der Waals surface area contributed by atoms with Crippen LogP contribution in [0.1, 0.15) is 12.7 Å². The van der Waals surface area contributed by atoms with Gasteiger partial charge in [-0.2, -0.15) is 0 Å². The summed E-state index contributed by atoms with van der Waals surface area (Å²) in [5.74, 6) is 1.25. The third-order valence-corrected chi connectivity index (χ3v) is 7.41. The Morgan fingerprint density at radius 1 is 1.26 bits per heavy atom. The molecular weight excluding hydrogens is 459 g/mol. The summed E-state index contributed by atoms with van der Waals surface area (Å²) < 4.78 is 32.5. The molecule has 0 aromatic carbocycles. The average Bonchev–Trinajstić information content (AvgIpc) is 3.21. The number of aryl methyl sites for hydroxylation is 1.